The number of aryl methyl sites for hydroxylation is 1. The molecule has 0 radical (unpaired) electrons. The first-order valence-corrected chi connectivity index (χ1v) is 7.05. The monoisotopic (exact) mass is 268 g/mol. The van der Waals surface area contributed by atoms with Crippen molar-refractivity contribution in [2.45, 2.75) is 51.2 Å². The molecule has 1 N–H and O–H groups in total. The maximum Gasteiger partial charge on any atom is 0.108 e. The van der Waals surface area contributed by atoms with E-state index in [1.807, 2.05) is 32.0 Å². The average molecular weight is 269 g/mol. The molecule has 1 unspecified atom stereocenters. The Morgan fingerprint density at radius 3 is 2.61 bits per heavy atom. The van der Waals surface area contributed by atoms with Crippen LogP contribution in [0.4, 0.5) is 0 Å². The van der Waals surface area contributed by atoms with E-state index in [9.17, 15) is 5.11 Å². The molecular weight excluding hydrogens is 248 g/mol. The molecule has 1 saturated carbocycles. The van der Waals surface area contributed by atoms with E-state index >= 15 is 0 Å². The third-order valence-electron chi connectivity index (χ3n) is 3.89. The van der Waals surface area contributed by atoms with Gasteiger partial charge in [-0.1, -0.05) is 36.6 Å². The molecule has 1 atom stereocenters. The molecule has 0 spiro atoms. The van der Waals surface area contributed by atoms with Gasteiger partial charge in [0.05, 0.1) is 5.60 Å². The summed E-state index contributed by atoms with van der Waals surface area (Å²) >= 11 is 6.14. The first-order chi connectivity index (χ1) is 8.59. The number of halogens is 1. The Labute approximate surface area is 114 Å². The molecule has 100 valence electrons. The van der Waals surface area contributed by atoms with Crippen LogP contribution in [-0.4, -0.2) is 17.3 Å². The summed E-state index contributed by atoms with van der Waals surface area (Å²) in [6.45, 7) is 4.58. The van der Waals surface area contributed by atoms with Gasteiger partial charge in [-0.3, -0.25) is 0 Å². The second-order valence-corrected chi connectivity index (χ2v) is 5.52. The summed E-state index contributed by atoms with van der Waals surface area (Å²) in [4.78, 5) is 0. The maximum absolute atomic E-state index is 10.6. The first-order valence-electron chi connectivity index (χ1n) is 6.67. The number of aliphatic hydroxyl groups excluding tert-OH is 1. The summed E-state index contributed by atoms with van der Waals surface area (Å²) in [5.74, 6) is 0. The van der Waals surface area contributed by atoms with E-state index in [1.165, 1.54) is 0 Å². The molecule has 2 nitrogen and oxygen atoms in total. The lowest BCUT2D eigenvalue weighted by Gasteiger charge is -2.34. The largest absolute Gasteiger partial charge is 0.385 e. The first kappa shape index (κ1) is 13.9. The zero-order valence-corrected chi connectivity index (χ0v) is 11.8. The van der Waals surface area contributed by atoms with Gasteiger partial charge in [-0.25, -0.2) is 0 Å². The van der Waals surface area contributed by atoms with Crippen LogP contribution in [0, 0.1) is 6.92 Å². The standard InChI is InChI=1S/C15H21ClO2/c1-3-18-15(8-4-5-9-15)14(17)12-7-6-11(2)13(16)10-12/h6-7,10,14,17H,3-5,8-9H2,1-2H3. The van der Waals surface area contributed by atoms with Gasteiger partial charge < -0.3 is 9.84 Å². The highest BCUT2D eigenvalue weighted by Gasteiger charge is 2.42. The summed E-state index contributed by atoms with van der Waals surface area (Å²) in [5.41, 5.74) is 1.48. The minimum atomic E-state index is -0.585. The minimum absolute atomic E-state index is 0.409. The van der Waals surface area contributed by atoms with Crippen LogP contribution in [0.3, 0.4) is 0 Å². The summed E-state index contributed by atoms with van der Waals surface area (Å²) in [7, 11) is 0. The van der Waals surface area contributed by atoms with Gasteiger partial charge in [-0.15, -0.1) is 0 Å². The molecule has 18 heavy (non-hydrogen) atoms. The maximum atomic E-state index is 10.6. The Balaban J connectivity index is 2.27. The lowest BCUT2D eigenvalue weighted by atomic mass is 9.89. The summed E-state index contributed by atoms with van der Waals surface area (Å²) in [5, 5.41) is 11.3. The van der Waals surface area contributed by atoms with Crippen molar-refractivity contribution in [1.29, 1.82) is 0 Å². The summed E-state index contributed by atoms with van der Waals surface area (Å²) < 4.78 is 5.88. The predicted octanol–water partition coefficient (Wildman–Crippen LogP) is 4.03. The molecule has 1 aliphatic carbocycles. The van der Waals surface area contributed by atoms with Gasteiger partial charge in [0.25, 0.3) is 0 Å². The normalized spacial score (nSPS) is 20.0. The van der Waals surface area contributed by atoms with Gasteiger partial charge in [-0.2, -0.15) is 0 Å². The van der Waals surface area contributed by atoms with Crippen LogP contribution in [0.2, 0.25) is 5.02 Å². The molecule has 1 aromatic carbocycles. The van der Waals surface area contributed by atoms with Crippen LogP contribution in [-0.2, 0) is 4.74 Å². The van der Waals surface area contributed by atoms with E-state index in [1.54, 1.807) is 0 Å². The van der Waals surface area contributed by atoms with Crippen molar-refractivity contribution < 1.29 is 9.84 Å². The molecule has 0 saturated heterocycles. The molecule has 0 aromatic heterocycles. The van der Waals surface area contributed by atoms with Crippen molar-refractivity contribution in [2.24, 2.45) is 0 Å². The quantitative estimate of drug-likeness (QED) is 0.893. The van der Waals surface area contributed by atoms with Gasteiger partial charge in [0.1, 0.15) is 6.10 Å². The minimum Gasteiger partial charge on any atom is -0.385 e. The van der Waals surface area contributed by atoms with Crippen molar-refractivity contribution in [2.75, 3.05) is 6.61 Å². The molecule has 0 amide bonds. The van der Waals surface area contributed by atoms with Crippen LogP contribution in [0.1, 0.15) is 49.8 Å². The molecule has 2 rings (SSSR count). The lowest BCUT2D eigenvalue weighted by Crippen LogP contribution is -2.36. The van der Waals surface area contributed by atoms with Gasteiger partial charge in [0, 0.05) is 11.6 Å². The fourth-order valence-corrected chi connectivity index (χ4v) is 3.03. The van der Waals surface area contributed by atoms with Gasteiger partial charge in [0.2, 0.25) is 0 Å². The third-order valence-corrected chi connectivity index (χ3v) is 4.30. The molecule has 3 heteroatoms. The molecule has 1 aliphatic rings. The Morgan fingerprint density at radius 2 is 2.06 bits per heavy atom. The number of ether oxygens (including phenoxy) is 1. The second-order valence-electron chi connectivity index (χ2n) is 5.12. The lowest BCUT2D eigenvalue weighted by molar-refractivity contribution is -0.118. The molecule has 1 fully saturated rings. The van der Waals surface area contributed by atoms with Crippen LogP contribution in [0.5, 0.6) is 0 Å². The van der Waals surface area contributed by atoms with E-state index in [0.717, 1.165) is 36.8 Å². The highest BCUT2D eigenvalue weighted by atomic mass is 35.5. The van der Waals surface area contributed by atoms with Gasteiger partial charge in [-0.05, 0) is 43.9 Å². The number of hydrogen-bond acceptors (Lipinski definition) is 2. The number of benzene rings is 1. The molecule has 0 heterocycles. The SMILES string of the molecule is CCOC1(C(O)c2ccc(C)c(Cl)c2)CCCC1. The van der Waals surface area contributed by atoms with Crippen molar-refractivity contribution in [3.8, 4) is 0 Å². The zero-order chi connectivity index (χ0) is 13.2. The summed E-state index contributed by atoms with van der Waals surface area (Å²) in [6.07, 6.45) is 3.51. The average Bonchev–Trinajstić information content (AvgIpc) is 2.82. The van der Waals surface area contributed by atoms with Crippen molar-refractivity contribution >= 4 is 11.6 Å². The van der Waals surface area contributed by atoms with E-state index < -0.39 is 11.7 Å². The van der Waals surface area contributed by atoms with Crippen molar-refractivity contribution in [1.82, 2.24) is 0 Å². The van der Waals surface area contributed by atoms with E-state index in [-0.39, 0.29) is 0 Å². The number of aliphatic hydroxyl groups is 1. The van der Waals surface area contributed by atoms with Crippen molar-refractivity contribution in [3.05, 3.63) is 34.3 Å². The van der Waals surface area contributed by atoms with E-state index in [2.05, 4.69) is 0 Å². The fourth-order valence-electron chi connectivity index (χ4n) is 2.84. The Kier molecular flexibility index (Phi) is 4.31. The number of hydrogen-bond donors (Lipinski definition) is 1. The Bertz CT molecular complexity index is 411. The Morgan fingerprint density at radius 1 is 1.39 bits per heavy atom. The van der Waals surface area contributed by atoms with E-state index in [0.29, 0.717) is 11.6 Å². The predicted molar refractivity (Wildman–Crippen MR) is 74.0 cm³/mol. The topological polar surface area (TPSA) is 29.5 Å². The van der Waals surface area contributed by atoms with Crippen LogP contribution in [0.15, 0.2) is 18.2 Å². The van der Waals surface area contributed by atoms with Gasteiger partial charge >= 0.3 is 0 Å². The fraction of sp³-hybridized carbons (Fsp3) is 0.600. The summed E-state index contributed by atoms with van der Waals surface area (Å²) in [6, 6.07) is 5.76. The highest BCUT2D eigenvalue weighted by molar-refractivity contribution is 6.31. The molecule has 0 bridgehead atoms. The van der Waals surface area contributed by atoms with Crippen LogP contribution >= 0.6 is 11.6 Å². The van der Waals surface area contributed by atoms with Gasteiger partial charge in [0.15, 0.2) is 0 Å². The Hall–Kier alpha value is -0.570. The molecular formula is C15H21ClO2. The highest BCUT2D eigenvalue weighted by Crippen LogP contribution is 2.43. The molecule has 0 aliphatic heterocycles. The second kappa shape index (κ2) is 5.60. The smallest absolute Gasteiger partial charge is 0.108 e. The zero-order valence-electron chi connectivity index (χ0n) is 11.1. The molecule has 1 aromatic rings. The third kappa shape index (κ3) is 2.56. The van der Waals surface area contributed by atoms with E-state index in [4.69, 9.17) is 16.3 Å². The van der Waals surface area contributed by atoms with Crippen LogP contribution in [0.25, 0.3) is 0 Å². The van der Waals surface area contributed by atoms with Crippen molar-refractivity contribution in [3.63, 3.8) is 0 Å². The van der Waals surface area contributed by atoms with Crippen LogP contribution < -0.4 is 0 Å². The number of rotatable bonds is 4.